The molecule has 0 aliphatic heterocycles. The molecular weight excluding hydrogens is 216 g/mol. The quantitative estimate of drug-likeness (QED) is 0.757. The summed E-state index contributed by atoms with van der Waals surface area (Å²) in [5.74, 6) is -0.212. The zero-order valence-electron chi connectivity index (χ0n) is 10.1. The van der Waals surface area contributed by atoms with Crippen molar-refractivity contribution in [1.82, 2.24) is 9.38 Å². The molecule has 0 fully saturated rings. The molecule has 0 spiro atoms. The second-order valence-corrected chi connectivity index (χ2v) is 3.85. The maximum absolute atomic E-state index is 11.4. The normalized spacial score (nSPS) is 10.7. The molecule has 4 nitrogen and oxygen atoms in total. The Bertz CT molecular complexity index is 531. The van der Waals surface area contributed by atoms with Crippen LogP contribution < -0.4 is 0 Å². The minimum atomic E-state index is -0.212. The van der Waals surface area contributed by atoms with E-state index in [2.05, 4.69) is 18.0 Å². The maximum Gasteiger partial charge on any atom is 0.311 e. The number of hydrogen-bond donors (Lipinski definition) is 0. The van der Waals surface area contributed by atoms with Crippen LogP contribution in [-0.4, -0.2) is 22.0 Å². The third-order valence-electron chi connectivity index (χ3n) is 2.68. The van der Waals surface area contributed by atoms with E-state index in [1.807, 2.05) is 23.6 Å². The lowest BCUT2D eigenvalue weighted by Crippen LogP contribution is -2.09. The largest absolute Gasteiger partial charge is 0.466 e. The predicted molar refractivity (Wildman–Crippen MR) is 64.9 cm³/mol. The van der Waals surface area contributed by atoms with Gasteiger partial charge in [0.25, 0.3) is 0 Å². The molecule has 0 N–H and O–H groups in total. The van der Waals surface area contributed by atoms with Crippen molar-refractivity contribution in [1.29, 1.82) is 0 Å². The van der Waals surface area contributed by atoms with Crippen LogP contribution in [0.15, 0.2) is 24.5 Å². The third kappa shape index (κ3) is 2.46. The minimum Gasteiger partial charge on any atom is -0.466 e. The molecule has 0 radical (unpaired) electrons. The van der Waals surface area contributed by atoms with Crippen LogP contribution in [0.5, 0.6) is 0 Å². The smallest absolute Gasteiger partial charge is 0.311 e. The van der Waals surface area contributed by atoms with Crippen LogP contribution in [0, 0.1) is 0 Å². The molecule has 0 aromatic carbocycles. The number of imidazole rings is 1. The Morgan fingerprint density at radius 2 is 2.24 bits per heavy atom. The van der Waals surface area contributed by atoms with Crippen molar-refractivity contribution in [3.05, 3.63) is 35.8 Å². The Morgan fingerprint density at radius 1 is 1.41 bits per heavy atom. The number of pyridine rings is 1. The van der Waals surface area contributed by atoms with Gasteiger partial charge in [0.1, 0.15) is 5.65 Å². The number of ether oxygens (including phenoxy) is 1. The minimum absolute atomic E-state index is 0.212. The van der Waals surface area contributed by atoms with Gasteiger partial charge in [-0.1, -0.05) is 13.0 Å². The number of carbonyl (C=O) groups excluding carboxylic acids is 1. The monoisotopic (exact) mass is 232 g/mol. The van der Waals surface area contributed by atoms with Crippen LogP contribution in [0.25, 0.3) is 5.65 Å². The van der Waals surface area contributed by atoms with Crippen LogP contribution in [0.2, 0.25) is 0 Å². The standard InChI is InChI=1S/C13H16N2O2/c1-3-10-5-6-12-14-8-11(15(12)9-10)7-13(16)17-4-2/h5-6,8-9H,3-4,7H2,1-2H3. The van der Waals surface area contributed by atoms with Crippen molar-refractivity contribution in [3.63, 3.8) is 0 Å². The maximum atomic E-state index is 11.4. The summed E-state index contributed by atoms with van der Waals surface area (Å²) < 4.78 is 6.89. The number of rotatable bonds is 4. The van der Waals surface area contributed by atoms with Gasteiger partial charge in [-0.15, -0.1) is 0 Å². The molecule has 0 bridgehead atoms. The van der Waals surface area contributed by atoms with Crippen molar-refractivity contribution in [2.45, 2.75) is 26.7 Å². The van der Waals surface area contributed by atoms with Crippen LogP contribution in [-0.2, 0) is 22.4 Å². The molecule has 2 aromatic rings. The van der Waals surface area contributed by atoms with E-state index in [1.54, 1.807) is 6.20 Å². The van der Waals surface area contributed by atoms with Gasteiger partial charge < -0.3 is 9.14 Å². The molecule has 90 valence electrons. The molecule has 17 heavy (non-hydrogen) atoms. The Kier molecular flexibility index (Phi) is 3.42. The molecule has 2 aromatic heterocycles. The molecule has 0 amide bonds. The summed E-state index contributed by atoms with van der Waals surface area (Å²) in [6.45, 7) is 4.32. The first-order valence-electron chi connectivity index (χ1n) is 5.85. The second-order valence-electron chi connectivity index (χ2n) is 3.85. The highest BCUT2D eigenvalue weighted by molar-refractivity contribution is 5.72. The second kappa shape index (κ2) is 4.99. The predicted octanol–water partition coefficient (Wildman–Crippen LogP) is 2.00. The van der Waals surface area contributed by atoms with Crippen LogP contribution in [0.3, 0.4) is 0 Å². The average molecular weight is 232 g/mol. The number of esters is 1. The summed E-state index contributed by atoms with van der Waals surface area (Å²) in [6, 6.07) is 4.02. The molecule has 0 saturated carbocycles. The molecule has 0 aliphatic rings. The lowest BCUT2D eigenvalue weighted by Gasteiger charge is -2.03. The highest BCUT2D eigenvalue weighted by Crippen LogP contribution is 2.10. The molecule has 0 atom stereocenters. The summed E-state index contributed by atoms with van der Waals surface area (Å²) in [4.78, 5) is 15.7. The highest BCUT2D eigenvalue weighted by atomic mass is 16.5. The summed E-state index contributed by atoms with van der Waals surface area (Å²) >= 11 is 0. The van der Waals surface area contributed by atoms with Gasteiger partial charge in [-0.3, -0.25) is 4.79 Å². The SMILES string of the molecule is CCOC(=O)Cc1cnc2ccc(CC)cn12. The van der Waals surface area contributed by atoms with E-state index in [0.29, 0.717) is 6.61 Å². The van der Waals surface area contributed by atoms with Gasteiger partial charge in [0.2, 0.25) is 0 Å². The number of hydrogen-bond acceptors (Lipinski definition) is 3. The van der Waals surface area contributed by atoms with Crippen molar-refractivity contribution in [3.8, 4) is 0 Å². The molecule has 0 unspecified atom stereocenters. The number of aromatic nitrogens is 2. The first kappa shape index (κ1) is 11.6. The number of fused-ring (bicyclic) bond motifs is 1. The summed E-state index contributed by atoms with van der Waals surface area (Å²) in [5.41, 5.74) is 2.95. The fourth-order valence-corrected chi connectivity index (χ4v) is 1.77. The van der Waals surface area contributed by atoms with Gasteiger partial charge in [0.15, 0.2) is 0 Å². The Balaban J connectivity index is 2.30. The number of carbonyl (C=O) groups is 1. The zero-order chi connectivity index (χ0) is 12.3. The first-order chi connectivity index (χ1) is 8.24. The van der Waals surface area contributed by atoms with E-state index in [9.17, 15) is 4.79 Å². The fraction of sp³-hybridized carbons (Fsp3) is 0.385. The van der Waals surface area contributed by atoms with Gasteiger partial charge >= 0.3 is 5.97 Å². The number of aryl methyl sites for hydroxylation is 1. The van der Waals surface area contributed by atoms with Crippen molar-refractivity contribution in [2.24, 2.45) is 0 Å². The molecular formula is C13H16N2O2. The molecule has 2 heterocycles. The lowest BCUT2D eigenvalue weighted by atomic mass is 10.2. The molecule has 4 heteroatoms. The highest BCUT2D eigenvalue weighted by Gasteiger charge is 2.09. The van der Waals surface area contributed by atoms with Crippen molar-refractivity contribution in [2.75, 3.05) is 6.61 Å². The lowest BCUT2D eigenvalue weighted by molar-refractivity contribution is -0.142. The van der Waals surface area contributed by atoms with Crippen molar-refractivity contribution < 1.29 is 9.53 Å². The van der Waals surface area contributed by atoms with E-state index in [1.165, 1.54) is 5.56 Å². The number of nitrogens with zero attached hydrogens (tertiary/aromatic N) is 2. The van der Waals surface area contributed by atoms with Crippen LogP contribution >= 0.6 is 0 Å². The molecule has 0 aliphatic carbocycles. The molecule has 2 rings (SSSR count). The van der Waals surface area contributed by atoms with E-state index >= 15 is 0 Å². The van der Waals surface area contributed by atoms with E-state index in [4.69, 9.17) is 4.74 Å². The van der Waals surface area contributed by atoms with Gasteiger partial charge in [0, 0.05) is 12.4 Å². The van der Waals surface area contributed by atoms with E-state index in [0.717, 1.165) is 17.8 Å². The van der Waals surface area contributed by atoms with Gasteiger partial charge in [-0.05, 0) is 25.0 Å². The zero-order valence-corrected chi connectivity index (χ0v) is 10.1. The Labute approximate surface area is 100 Å². The topological polar surface area (TPSA) is 43.6 Å². The summed E-state index contributed by atoms with van der Waals surface area (Å²) in [7, 11) is 0. The first-order valence-corrected chi connectivity index (χ1v) is 5.85. The van der Waals surface area contributed by atoms with Gasteiger partial charge in [0.05, 0.1) is 18.7 Å². The van der Waals surface area contributed by atoms with E-state index < -0.39 is 0 Å². The third-order valence-corrected chi connectivity index (χ3v) is 2.68. The summed E-state index contributed by atoms with van der Waals surface area (Å²) in [5, 5.41) is 0. The molecule has 0 saturated heterocycles. The van der Waals surface area contributed by atoms with Crippen LogP contribution in [0.1, 0.15) is 25.1 Å². The van der Waals surface area contributed by atoms with Gasteiger partial charge in [-0.2, -0.15) is 0 Å². The van der Waals surface area contributed by atoms with E-state index in [-0.39, 0.29) is 12.4 Å². The van der Waals surface area contributed by atoms with Crippen molar-refractivity contribution >= 4 is 11.6 Å². The summed E-state index contributed by atoms with van der Waals surface area (Å²) in [6.07, 6.45) is 4.98. The van der Waals surface area contributed by atoms with Crippen LogP contribution in [0.4, 0.5) is 0 Å². The Morgan fingerprint density at radius 3 is 2.94 bits per heavy atom. The Hall–Kier alpha value is -1.84. The average Bonchev–Trinajstić information content (AvgIpc) is 2.72. The van der Waals surface area contributed by atoms with Gasteiger partial charge in [-0.25, -0.2) is 4.98 Å². The fourth-order valence-electron chi connectivity index (χ4n) is 1.77.